The van der Waals surface area contributed by atoms with Crippen LogP contribution in [0.3, 0.4) is 0 Å². The molecule has 0 aromatic rings. The van der Waals surface area contributed by atoms with Gasteiger partial charge in [-0.25, -0.2) is 0 Å². The third kappa shape index (κ3) is 2.15. The molecule has 0 spiro atoms. The molecule has 1 saturated heterocycles. The lowest BCUT2D eigenvalue weighted by Gasteiger charge is -2.34. The van der Waals surface area contributed by atoms with Gasteiger partial charge in [-0.2, -0.15) is 0 Å². The van der Waals surface area contributed by atoms with Crippen molar-refractivity contribution >= 4 is 0 Å². The van der Waals surface area contributed by atoms with Crippen molar-refractivity contribution in [3.05, 3.63) is 0 Å². The summed E-state index contributed by atoms with van der Waals surface area (Å²) in [6, 6.07) is 0. The Morgan fingerprint density at radius 3 is 2.50 bits per heavy atom. The van der Waals surface area contributed by atoms with E-state index in [0.29, 0.717) is 0 Å². The van der Waals surface area contributed by atoms with E-state index >= 15 is 0 Å². The summed E-state index contributed by atoms with van der Waals surface area (Å²) in [5.74, 6) is 0. The van der Waals surface area contributed by atoms with Gasteiger partial charge in [0.1, 0.15) is 6.10 Å². The Bertz CT molecular complexity index is 140. The molecule has 0 unspecified atom stereocenters. The maximum absolute atomic E-state index is 9.29. The summed E-state index contributed by atoms with van der Waals surface area (Å²) in [5, 5.41) is 36.0. The first-order valence-corrected chi connectivity index (χ1v) is 3.95. The Morgan fingerprint density at radius 1 is 1.25 bits per heavy atom. The van der Waals surface area contributed by atoms with E-state index in [1.54, 1.807) is 0 Å². The molecule has 1 aliphatic heterocycles. The highest BCUT2D eigenvalue weighted by Gasteiger charge is 2.35. The van der Waals surface area contributed by atoms with Gasteiger partial charge in [-0.3, -0.25) is 0 Å². The highest BCUT2D eigenvalue weighted by molar-refractivity contribution is 4.81. The number of ether oxygens (including phenoxy) is 1. The van der Waals surface area contributed by atoms with Crippen molar-refractivity contribution in [1.82, 2.24) is 0 Å². The fourth-order valence-electron chi connectivity index (χ4n) is 1.30. The molecule has 1 rings (SSSR count). The summed E-state index contributed by atoms with van der Waals surface area (Å²) in [6.45, 7) is -0.138. The van der Waals surface area contributed by atoms with Gasteiger partial charge in [0.05, 0.1) is 12.2 Å². The third-order valence-corrected chi connectivity index (χ3v) is 1.96. The second kappa shape index (κ2) is 4.15. The lowest BCUT2D eigenvalue weighted by Crippen LogP contribution is -2.48. The fraction of sp³-hybridized carbons (Fsp3) is 1.00. The lowest BCUT2D eigenvalue weighted by atomic mass is 9.99. The zero-order chi connectivity index (χ0) is 9.14. The van der Waals surface area contributed by atoms with E-state index in [9.17, 15) is 10.2 Å². The van der Waals surface area contributed by atoms with Crippen LogP contribution in [0.5, 0.6) is 0 Å². The number of rotatable bonds is 2. The highest BCUT2D eigenvalue weighted by Crippen LogP contribution is 2.20. The molecule has 1 fully saturated rings. The van der Waals surface area contributed by atoms with Gasteiger partial charge < -0.3 is 25.2 Å². The molecular formula is C7H14O5. The molecular weight excluding hydrogens is 164 g/mol. The summed E-state index contributed by atoms with van der Waals surface area (Å²) in [4.78, 5) is 0. The first kappa shape index (κ1) is 9.88. The normalized spacial score (nSPS) is 43.0. The average molecular weight is 178 g/mol. The number of hydrogen-bond donors (Lipinski definition) is 4. The quantitative estimate of drug-likeness (QED) is 0.400. The van der Waals surface area contributed by atoms with Crippen molar-refractivity contribution in [1.29, 1.82) is 0 Å². The van der Waals surface area contributed by atoms with Crippen LogP contribution in [0.2, 0.25) is 0 Å². The maximum atomic E-state index is 9.29. The van der Waals surface area contributed by atoms with Crippen LogP contribution in [-0.2, 0) is 4.74 Å². The van der Waals surface area contributed by atoms with E-state index in [2.05, 4.69) is 0 Å². The largest absolute Gasteiger partial charge is 0.396 e. The van der Waals surface area contributed by atoms with Gasteiger partial charge in [0.25, 0.3) is 0 Å². The number of aliphatic hydroxyl groups is 4. The third-order valence-electron chi connectivity index (χ3n) is 1.96. The van der Waals surface area contributed by atoms with Gasteiger partial charge in [0, 0.05) is 13.0 Å². The topological polar surface area (TPSA) is 90.2 Å². The van der Waals surface area contributed by atoms with Crippen molar-refractivity contribution in [3.63, 3.8) is 0 Å². The Morgan fingerprint density at radius 2 is 1.92 bits per heavy atom. The average Bonchev–Trinajstić information content (AvgIpc) is 2.00. The molecule has 0 aromatic carbocycles. The molecule has 1 aliphatic rings. The molecule has 0 aliphatic carbocycles. The molecule has 1 heterocycles. The molecule has 4 N–H and O–H groups in total. The smallest absolute Gasteiger partial charge is 0.157 e. The first-order chi connectivity index (χ1) is 5.65. The maximum Gasteiger partial charge on any atom is 0.157 e. The minimum atomic E-state index is -1.04. The molecule has 4 atom stereocenters. The first-order valence-electron chi connectivity index (χ1n) is 3.95. The van der Waals surface area contributed by atoms with Crippen LogP contribution in [0.15, 0.2) is 0 Å². The predicted molar refractivity (Wildman–Crippen MR) is 39.2 cm³/mol. The SMILES string of the molecule is OCC[C@H]1O[C@@H](O)C[C@@H](O)[C@H]1O. The Balaban J connectivity index is 2.47. The molecule has 0 radical (unpaired) electrons. The summed E-state index contributed by atoms with van der Waals surface area (Å²) < 4.78 is 4.89. The number of hydrogen-bond acceptors (Lipinski definition) is 5. The van der Waals surface area contributed by atoms with E-state index in [4.69, 9.17) is 14.9 Å². The van der Waals surface area contributed by atoms with E-state index in [1.807, 2.05) is 0 Å². The van der Waals surface area contributed by atoms with Crippen molar-refractivity contribution in [2.75, 3.05) is 6.61 Å². The van der Waals surface area contributed by atoms with Gasteiger partial charge in [0.15, 0.2) is 6.29 Å². The van der Waals surface area contributed by atoms with Crippen LogP contribution in [0.4, 0.5) is 0 Å². The summed E-state index contributed by atoms with van der Waals surface area (Å²) in [6.07, 6.45) is -3.46. The molecule has 12 heavy (non-hydrogen) atoms. The highest BCUT2D eigenvalue weighted by atomic mass is 16.6. The van der Waals surface area contributed by atoms with Crippen LogP contribution >= 0.6 is 0 Å². The van der Waals surface area contributed by atoms with E-state index in [-0.39, 0.29) is 19.4 Å². The predicted octanol–water partition coefficient (Wildman–Crippen LogP) is -1.80. The second-order valence-corrected chi connectivity index (χ2v) is 2.94. The van der Waals surface area contributed by atoms with Crippen LogP contribution in [0.1, 0.15) is 12.8 Å². The van der Waals surface area contributed by atoms with Gasteiger partial charge in [-0.05, 0) is 6.42 Å². The van der Waals surface area contributed by atoms with Gasteiger partial charge in [-0.1, -0.05) is 0 Å². The van der Waals surface area contributed by atoms with Crippen molar-refractivity contribution in [3.8, 4) is 0 Å². The van der Waals surface area contributed by atoms with Crippen LogP contribution in [0.25, 0.3) is 0 Å². The van der Waals surface area contributed by atoms with Crippen molar-refractivity contribution in [2.45, 2.75) is 37.4 Å². The van der Waals surface area contributed by atoms with E-state index in [1.165, 1.54) is 0 Å². The molecule has 0 amide bonds. The molecule has 0 bridgehead atoms. The molecule has 5 heteroatoms. The summed E-state index contributed by atoms with van der Waals surface area (Å²) in [7, 11) is 0. The molecule has 5 nitrogen and oxygen atoms in total. The zero-order valence-corrected chi connectivity index (χ0v) is 6.63. The monoisotopic (exact) mass is 178 g/mol. The Kier molecular flexibility index (Phi) is 3.42. The van der Waals surface area contributed by atoms with Gasteiger partial charge in [0.2, 0.25) is 0 Å². The standard InChI is InChI=1S/C7H14O5/c8-2-1-5-7(11)4(9)3-6(10)12-5/h4-11H,1-3H2/t4-,5-,6-,7-/m1/s1. The summed E-state index contributed by atoms with van der Waals surface area (Å²) in [5.41, 5.74) is 0. The van der Waals surface area contributed by atoms with Crippen molar-refractivity contribution in [2.24, 2.45) is 0 Å². The molecule has 0 saturated carbocycles. The Hall–Kier alpha value is -0.200. The van der Waals surface area contributed by atoms with Crippen molar-refractivity contribution < 1.29 is 25.2 Å². The fourth-order valence-corrected chi connectivity index (χ4v) is 1.30. The van der Waals surface area contributed by atoms with Crippen LogP contribution in [-0.4, -0.2) is 51.6 Å². The molecule has 72 valence electrons. The van der Waals surface area contributed by atoms with Gasteiger partial charge >= 0.3 is 0 Å². The van der Waals surface area contributed by atoms with Crippen LogP contribution in [0, 0.1) is 0 Å². The second-order valence-electron chi connectivity index (χ2n) is 2.94. The van der Waals surface area contributed by atoms with E-state index in [0.717, 1.165) is 0 Å². The lowest BCUT2D eigenvalue weighted by molar-refractivity contribution is -0.234. The van der Waals surface area contributed by atoms with Crippen LogP contribution < -0.4 is 0 Å². The minimum absolute atomic E-state index is 0.0170. The minimum Gasteiger partial charge on any atom is -0.396 e. The van der Waals surface area contributed by atoms with E-state index < -0.39 is 24.6 Å². The number of aliphatic hydroxyl groups excluding tert-OH is 4. The Labute approximate surface area is 70.2 Å². The zero-order valence-electron chi connectivity index (χ0n) is 6.63. The molecule has 0 aromatic heterocycles. The van der Waals surface area contributed by atoms with Gasteiger partial charge in [-0.15, -0.1) is 0 Å². The summed E-state index contributed by atoms with van der Waals surface area (Å²) >= 11 is 0.